The van der Waals surface area contributed by atoms with Gasteiger partial charge in [0.15, 0.2) is 0 Å². The Balaban J connectivity index is 2.71. The van der Waals surface area contributed by atoms with Gasteiger partial charge < -0.3 is 0 Å². The number of hydrazine groups is 1. The van der Waals surface area contributed by atoms with E-state index in [1.54, 1.807) is 0 Å². The average molecular weight is 248 g/mol. The lowest BCUT2D eigenvalue weighted by atomic mass is 9.87. The maximum atomic E-state index is 11.9. The summed E-state index contributed by atoms with van der Waals surface area (Å²) in [5.74, 6) is -0.106. The summed E-state index contributed by atoms with van der Waals surface area (Å²) in [7, 11) is 0. The number of carbonyl (C=O) groups is 1. The Morgan fingerprint density at radius 3 is 1.83 bits per heavy atom. The Morgan fingerprint density at radius 2 is 1.44 bits per heavy atom. The Morgan fingerprint density at radius 1 is 0.944 bits per heavy atom. The fraction of sp³-hybridized carbons (Fsp3) is 0.533. The first-order valence-electron chi connectivity index (χ1n) is 6.28. The van der Waals surface area contributed by atoms with Crippen LogP contribution in [-0.4, -0.2) is 11.4 Å². The molecule has 1 aromatic carbocycles. The minimum atomic E-state index is -0.138. The van der Waals surface area contributed by atoms with Crippen molar-refractivity contribution in [1.29, 1.82) is 0 Å². The van der Waals surface area contributed by atoms with Gasteiger partial charge in [-0.25, -0.2) is 5.43 Å². The van der Waals surface area contributed by atoms with E-state index in [0.717, 1.165) is 0 Å². The largest absolute Gasteiger partial charge is 0.287 e. The van der Waals surface area contributed by atoms with Gasteiger partial charge >= 0.3 is 0 Å². The van der Waals surface area contributed by atoms with Gasteiger partial charge in [0.25, 0.3) is 5.91 Å². The Labute approximate surface area is 110 Å². The first-order chi connectivity index (χ1) is 8.09. The number of amides is 1. The quantitative estimate of drug-likeness (QED) is 0.790. The molecule has 0 saturated carbocycles. The van der Waals surface area contributed by atoms with Crippen molar-refractivity contribution >= 4 is 5.91 Å². The van der Waals surface area contributed by atoms with Gasteiger partial charge in [-0.05, 0) is 43.9 Å². The molecule has 18 heavy (non-hydrogen) atoms. The van der Waals surface area contributed by atoms with Crippen molar-refractivity contribution in [2.24, 2.45) is 0 Å². The monoisotopic (exact) mass is 248 g/mol. The molecule has 0 atom stereocenters. The van der Waals surface area contributed by atoms with Gasteiger partial charge in [-0.3, -0.25) is 10.2 Å². The van der Waals surface area contributed by atoms with Gasteiger partial charge in [0.2, 0.25) is 0 Å². The van der Waals surface area contributed by atoms with Crippen LogP contribution in [0.15, 0.2) is 24.3 Å². The first kappa shape index (κ1) is 14.7. The van der Waals surface area contributed by atoms with E-state index in [0.29, 0.717) is 5.56 Å². The number of nitrogens with one attached hydrogen (secondary N) is 2. The highest BCUT2D eigenvalue weighted by Gasteiger charge is 2.15. The molecular weight excluding hydrogens is 224 g/mol. The normalized spacial score (nSPS) is 12.3. The van der Waals surface area contributed by atoms with Crippen LogP contribution in [0.25, 0.3) is 0 Å². The van der Waals surface area contributed by atoms with Crippen molar-refractivity contribution < 1.29 is 4.79 Å². The zero-order chi connectivity index (χ0) is 14.0. The van der Waals surface area contributed by atoms with Gasteiger partial charge in [-0.2, -0.15) is 0 Å². The third kappa shape index (κ3) is 4.49. The molecule has 100 valence electrons. The molecule has 0 aliphatic rings. The number of hydrogen-bond acceptors (Lipinski definition) is 2. The molecule has 0 aliphatic heterocycles. The van der Waals surface area contributed by atoms with Crippen LogP contribution in [0.4, 0.5) is 0 Å². The SMILES string of the molecule is CC(C)(C)NNC(=O)c1ccc(C(C)(C)C)cc1. The number of benzene rings is 1. The van der Waals surface area contributed by atoms with Crippen LogP contribution in [0.5, 0.6) is 0 Å². The van der Waals surface area contributed by atoms with Gasteiger partial charge in [-0.15, -0.1) is 0 Å². The summed E-state index contributed by atoms with van der Waals surface area (Å²) >= 11 is 0. The van der Waals surface area contributed by atoms with Gasteiger partial charge in [0, 0.05) is 11.1 Å². The summed E-state index contributed by atoms with van der Waals surface area (Å²) in [6.45, 7) is 12.5. The molecule has 2 N–H and O–H groups in total. The third-order valence-corrected chi connectivity index (χ3v) is 2.56. The number of hydrogen-bond donors (Lipinski definition) is 2. The van der Waals surface area contributed by atoms with E-state index in [1.807, 2.05) is 45.0 Å². The fourth-order valence-corrected chi connectivity index (χ4v) is 1.44. The molecular formula is C15H24N2O. The Hall–Kier alpha value is -1.35. The second-order valence-corrected chi connectivity index (χ2v) is 6.66. The molecule has 0 aromatic heterocycles. The van der Waals surface area contributed by atoms with Crippen LogP contribution in [0.2, 0.25) is 0 Å². The molecule has 0 bridgehead atoms. The molecule has 0 fully saturated rings. The molecule has 3 heteroatoms. The Bertz CT molecular complexity index is 408. The molecule has 3 nitrogen and oxygen atoms in total. The molecule has 0 aliphatic carbocycles. The van der Waals surface area contributed by atoms with Crippen molar-refractivity contribution in [2.45, 2.75) is 52.5 Å². The van der Waals surface area contributed by atoms with Crippen molar-refractivity contribution in [2.75, 3.05) is 0 Å². The van der Waals surface area contributed by atoms with Gasteiger partial charge in [0.05, 0.1) is 0 Å². The highest BCUT2D eigenvalue weighted by Crippen LogP contribution is 2.22. The van der Waals surface area contributed by atoms with Crippen LogP contribution < -0.4 is 10.9 Å². The molecule has 1 amide bonds. The molecule has 1 aromatic rings. The maximum absolute atomic E-state index is 11.9. The van der Waals surface area contributed by atoms with Crippen LogP contribution in [0.1, 0.15) is 57.5 Å². The van der Waals surface area contributed by atoms with Crippen molar-refractivity contribution in [3.63, 3.8) is 0 Å². The zero-order valence-electron chi connectivity index (χ0n) is 12.2. The summed E-state index contributed by atoms with van der Waals surface area (Å²) in [5, 5.41) is 0. The highest BCUT2D eigenvalue weighted by molar-refractivity contribution is 5.93. The molecule has 0 spiro atoms. The van der Waals surface area contributed by atoms with E-state index < -0.39 is 0 Å². The first-order valence-corrected chi connectivity index (χ1v) is 6.28. The van der Waals surface area contributed by atoms with E-state index in [-0.39, 0.29) is 16.9 Å². The molecule has 0 saturated heterocycles. The third-order valence-electron chi connectivity index (χ3n) is 2.56. The van der Waals surface area contributed by atoms with E-state index in [4.69, 9.17) is 0 Å². The predicted molar refractivity (Wildman–Crippen MR) is 75.5 cm³/mol. The average Bonchev–Trinajstić information content (AvgIpc) is 2.24. The van der Waals surface area contributed by atoms with E-state index in [9.17, 15) is 4.79 Å². The van der Waals surface area contributed by atoms with Crippen molar-refractivity contribution in [3.05, 3.63) is 35.4 Å². The summed E-state index contributed by atoms with van der Waals surface area (Å²) in [6, 6.07) is 7.73. The lowest BCUT2D eigenvalue weighted by molar-refractivity contribution is 0.0914. The van der Waals surface area contributed by atoms with Gasteiger partial charge in [-0.1, -0.05) is 32.9 Å². The molecule has 1 rings (SSSR count). The van der Waals surface area contributed by atoms with Crippen molar-refractivity contribution in [3.8, 4) is 0 Å². The molecule has 0 radical (unpaired) electrons. The van der Waals surface area contributed by atoms with Crippen LogP contribution in [0, 0.1) is 0 Å². The second-order valence-electron chi connectivity index (χ2n) is 6.66. The van der Waals surface area contributed by atoms with E-state index in [2.05, 4.69) is 31.6 Å². The highest BCUT2D eigenvalue weighted by atomic mass is 16.2. The van der Waals surface area contributed by atoms with E-state index in [1.165, 1.54) is 5.56 Å². The summed E-state index contributed by atoms with van der Waals surface area (Å²) in [5.41, 5.74) is 7.54. The summed E-state index contributed by atoms with van der Waals surface area (Å²) in [6.07, 6.45) is 0. The summed E-state index contributed by atoms with van der Waals surface area (Å²) < 4.78 is 0. The minimum absolute atomic E-state index is 0.106. The topological polar surface area (TPSA) is 41.1 Å². The number of rotatable bonds is 2. The molecule has 0 heterocycles. The van der Waals surface area contributed by atoms with Crippen LogP contribution >= 0.6 is 0 Å². The number of carbonyl (C=O) groups excluding carboxylic acids is 1. The Kier molecular flexibility index (Phi) is 4.17. The molecule has 0 unspecified atom stereocenters. The lowest BCUT2D eigenvalue weighted by Crippen LogP contribution is -2.48. The lowest BCUT2D eigenvalue weighted by Gasteiger charge is -2.21. The van der Waals surface area contributed by atoms with E-state index >= 15 is 0 Å². The minimum Gasteiger partial charge on any atom is -0.287 e. The van der Waals surface area contributed by atoms with Crippen LogP contribution in [-0.2, 0) is 5.41 Å². The second kappa shape index (κ2) is 5.11. The maximum Gasteiger partial charge on any atom is 0.265 e. The van der Waals surface area contributed by atoms with Crippen LogP contribution in [0.3, 0.4) is 0 Å². The van der Waals surface area contributed by atoms with Gasteiger partial charge in [0.1, 0.15) is 0 Å². The smallest absolute Gasteiger partial charge is 0.265 e. The standard InChI is InChI=1S/C15H24N2O/c1-14(2,3)12-9-7-11(8-10-12)13(18)16-17-15(4,5)6/h7-10,17H,1-6H3,(H,16,18). The summed E-state index contributed by atoms with van der Waals surface area (Å²) in [4.78, 5) is 11.9. The van der Waals surface area contributed by atoms with Crippen molar-refractivity contribution in [1.82, 2.24) is 10.9 Å². The zero-order valence-corrected chi connectivity index (χ0v) is 12.2. The predicted octanol–water partition coefficient (Wildman–Crippen LogP) is 3.02. The fourth-order valence-electron chi connectivity index (χ4n) is 1.44.